The van der Waals surface area contributed by atoms with Crippen molar-refractivity contribution in [3.05, 3.63) is 87.7 Å². The largest absolute Gasteiger partial charge is 0.508 e. The van der Waals surface area contributed by atoms with Crippen molar-refractivity contribution >= 4 is 0 Å². The van der Waals surface area contributed by atoms with Crippen LogP contribution in [0.3, 0.4) is 0 Å². The summed E-state index contributed by atoms with van der Waals surface area (Å²) in [5.41, 5.74) is 7.78. The molecule has 0 amide bonds. The maximum absolute atomic E-state index is 13.5. The van der Waals surface area contributed by atoms with E-state index in [1.54, 1.807) is 35.3 Å². The van der Waals surface area contributed by atoms with Gasteiger partial charge in [0.25, 0.3) is 5.56 Å². The second-order valence-corrected chi connectivity index (χ2v) is 7.19. The van der Waals surface area contributed by atoms with E-state index >= 15 is 0 Å². The van der Waals surface area contributed by atoms with Crippen LogP contribution in [0.2, 0.25) is 0 Å². The Balaban J connectivity index is 1.77. The van der Waals surface area contributed by atoms with E-state index in [1.807, 2.05) is 17.7 Å². The molecular formula is C22H21N5O3. The highest BCUT2D eigenvalue weighted by molar-refractivity contribution is 5.55. The standard InChI is InChI=1S/C22H21N5O3/c1-14-11-18-20(22(29)27(14)9-2-8-26-10-7-25-13-26)19(17(12-23)21(24)30-18)15-3-5-16(28)6-4-15/h3-7,10-11,13,19,28H,2,8-9,24H2,1H3. The number of rotatable bonds is 5. The normalized spacial score (nSPS) is 15.4. The number of imidazole rings is 1. The molecule has 0 fully saturated rings. The Hall–Kier alpha value is -3.99. The topological polar surface area (TPSA) is 119 Å². The highest BCUT2D eigenvalue weighted by Gasteiger charge is 2.34. The number of ether oxygens (including phenoxy) is 1. The summed E-state index contributed by atoms with van der Waals surface area (Å²) < 4.78 is 9.30. The number of phenols is 1. The maximum Gasteiger partial charge on any atom is 0.258 e. The molecule has 3 heterocycles. The van der Waals surface area contributed by atoms with Gasteiger partial charge in [0.2, 0.25) is 5.88 Å². The molecule has 4 rings (SSSR count). The molecule has 1 unspecified atom stereocenters. The number of aromatic hydroxyl groups is 1. The fourth-order valence-electron chi connectivity index (χ4n) is 3.79. The molecule has 0 radical (unpaired) electrons. The lowest BCUT2D eigenvalue weighted by molar-refractivity contribution is 0.387. The summed E-state index contributed by atoms with van der Waals surface area (Å²) in [5, 5.41) is 19.3. The number of pyridine rings is 1. The van der Waals surface area contributed by atoms with Crippen molar-refractivity contribution in [3.8, 4) is 17.6 Å². The first-order valence-electron chi connectivity index (χ1n) is 9.56. The van der Waals surface area contributed by atoms with Gasteiger partial charge in [-0.05, 0) is 31.0 Å². The monoisotopic (exact) mass is 403 g/mol. The second kappa shape index (κ2) is 7.79. The number of fused-ring (bicyclic) bond motifs is 1. The molecule has 30 heavy (non-hydrogen) atoms. The number of aromatic nitrogens is 3. The fourth-order valence-corrected chi connectivity index (χ4v) is 3.79. The molecule has 1 atom stereocenters. The molecule has 0 bridgehead atoms. The third-order valence-electron chi connectivity index (χ3n) is 5.27. The van der Waals surface area contributed by atoms with Crippen LogP contribution in [0.5, 0.6) is 11.5 Å². The first kappa shape index (κ1) is 19.3. The fraction of sp³-hybridized carbons (Fsp3) is 0.227. The van der Waals surface area contributed by atoms with Crippen LogP contribution in [0.4, 0.5) is 0 Å². The molecular weight excluding hydrogens is 382 g/mol. The lowest BCUT2D eigenvalue weighted by Gasteiger charge is -2.27. The van der Waals surface area contributed by atoms with Crippen molar-refractivity contribution in [1.29, 1.82) is 5.26 Å². The third kappa shape index (κ3) is 3.42. The van der Waals surface area contributed by atoms with Gasteiger partial charge in [-0.25, -0.2) is 4.98 Å². The van der Waals surface area contributed by atoms with Gasteiger partial charge in [0.15, 0.2) is 0 Å². The zero-order valence-corrected chi connectivity index (χ0v) is 16.4. The van der Waals surface area contributed by atoms with Crippen LogP contribution in [0.15, 0.2) is 65.3 Å². The Morgan fingerprint density at radius 2 is 2.07 bits per heavy atom. The Morgan fingerprint density at radius 1 is 1.30 bits per heavy atom. The van der Waals surface area contributed by atoms with Gasteiger partial charge in [0, 0.05) is 37.2 Å². The van der Waals surface area contributed by atoms with Crippen LogP contribution in [-0.4, -0.2) is 19.2 Å². The SMILES string of the molecule is Cc1cc2c(c(=O)n1CCCn1ccnc1)C(c1ccc(O)cc1)C(C#N)=C(N)O2. The molecule has 3 aromatic rings. The van der Waals surface area contributed by atoms with E-state index in [0.29, 0.717) is 23.4 Å². The van der Waals surface area contributed by atoms with Crippen molar-refractivity contribution in [2.75, 3.05) is 0 Å². The van der Waals surface area contributed by atoms with E-state index in [-0.39, 0.29) is 22.8 Å². The molecule has 0 saturated heterocycles. The second-order valence-electron chi connectivity index (χ2n) is 7.19. The van der Waals surface area contributed by atoms with E-state index in [1.165, 1.54) is 12.1 Å². The summed E-state index contributed by atoms with van der Waals surface area (Å²) >= 11 is 0. The van der Waals surface area contributed by atoms with Crippen molar-refractivity contribution in [2.24, 2.45) is 5.73 Å². The highest BCUT2D eigenvalue weighted by Crippen LogP contribution is 2.40. The zero-order chi connectivity index (χ0) is 21.3. The van der Waals surface area contributed by atoms with E-state index < -0.39 is 5.92 Å². The van der Waals surface area contributed by atoms with Crippen molar-refractivity contribution in [1.82, 2.24) is 14.1 Å². The average Bonchev–Trinajstić information content (AvgIpc) is 3.23. The highest BCUT2D eigenvalue weighted by atomic mass is 16.5. The molecule has 8 heteroatoms. The van der Waals surface area contributed by atoms with Gasteiger partial charge in [-0.2, -0.15) is 5.26 Å². The molecule has 0 saturated carbocycles. The number of benzene rings is 1. The molecule has 2 aromatic heterocycles. The molecule has 1 aliphatic rings. The predicted octanol–water partition coefficient (Wildman–Crippen LogP) is 2.37. The average molecular weight is 403 g/mol. The van der Waals surface area contributed by atoms with Crippen molar-refractivity contribution in [3.63, 3.8) is 0 Å². The van der Waals surface area contributed by atoms with E-state index in [9.17, 15) is 15.2 Å². The summed E-state index contributed by atoms with van der Waals surface area (Å²) in [7, 11) is 0. The predicted molar refractivity (Wildman–Crippen MR) is 110 cm³/mol. The Kier molecular flexibility index (Phi) is 5.02. The molecule has 152 valence electrons. The van der Waals surface area contributed by atoms with Crippen molar-refractivity contribution < 1.29 is 9.84 Å². The lowest BCUT2D eigenvalue weighted by atomic mass is 9.84. The van der Waals surface area contributed by atoms with Gasteiger partial charge in [0.05, 0.1) is 17.8 Å². The van der Waals surface area contributed by atoms with E-state index in [0.717, 1.165) is 18.7 Å². The lowest BCUT2D eigenvalue weighted by Crippen LogP contribution is -2.33. The number of hydrogen-bond donors (Lipinski definition) is 2. The number of nitrogens with zero attached hydrogens (tertiary/aromatic N) is 4. The first-order chi connectivity index (χ1) is 14.5. The van der Waals surface area contributed by atoms with Crippen LogP contribution in [-0.2, 0) is 13.1 Å². The molecule has 1 aromatic carbocycles. The minimum atomic E-state index is -0.660. The molecule has 3 N–H and O–H groups in total. The molecule has 8 nitrogen and oxygen atoms in total. The van der Waals surface area contributed by atoms with Crippen LogP contribution in [0.1, 0.15) is 29.2 Å². The summed E-state index contributed by atoms with van der Waals surface area (Å²) in [5.74, 6) is -0.215. The Morgan fingerprint density at radius 3 is 2.73 bits per heavy atom. The van der Waals surface area contributed by atoms with Crippen LogP contribution in [0, 0.1) is 18.3 Å². The summed E-state index contributed by atoms with van der Waals surface area (Å²) in [6.07, 6.45) is 6.08. The quantitative estimate of drug-likeness (QED) is 0.675. The van der Waals surface area contributed by atoms with Crippen LogP contribution >= 0.6 is 0 Å². The Labute approximate surface area is 173 Å². The smallest absolute Gasteiger partial charge is 0.258 e. The van der Waals surface area contributed by atoms with Crippen molar-refractivity contribution in [2.45, 2.75) is 32.4 Å². The van der Waals surface area contributed by atoms with Gasteiger partial charge in [-0.15, -0.1) is 0 Å². The maximum atomic E-state index is 13.5. The molecule has 1 aliphatic heterocycles. The first-order valence-corrected chi connectivity index (χ1v) is 9.56. The summed E-state index contributed by atoms with van der Waals surface area (Å²) in [6.45, 7) is 3.09. The molecule has 0 aliphatic carbocycles. The molecule has 0 spiro atoms. The van der Waals surface area contributed by atoms with Gasteiger partial charge in [-0.1, -0.05) is 12.1 Å². The number of hydrogen-bond acceptors (Lipinski definition) is 6. The van der Waals surface area contributed by atoms with Crippen LogP contribution in [0.25, 0.3) is 0 Å². The number of aryl methyl sites for hydroxylation is 2. The summed E-state index contributed by atoms with van der Waals surface area (Å²) in [4.78, 5) is 17.5. The van der Waals surface area contributed by atoms with Gasteiger partial charge in [-0.3, -0.25) is 4.79 Å². The number of phenolic OH excluding ortho intramolecular Hbond substituents is 1. The zero-order valence-electron chi connectivity index (χ0n) is 16.4. The Bertz CT molecular complexity index is 1200. The number of nitriles is 1. The number of nitrogens with two attached hydrogens (primary N) is 1. The van der Waals surface area contributed by atoms with Gasteiger partial charge < -0.3 is 24.7 Å². The van der Waals surface area contributed by atoms with Gasteiger partial charge >= 0.3 is 0 Å². The minimum Gasteiger partial charge on any atom is -0.508 e. The number of allylic oxidation sites excluding steroid dienone is 1. The minimum absolute atomic E-state index is 0.0141. The third-order valence-corrected chi connectivity index (χ3v) is 5.27. The van der Waals surface area contributed by atoms with Gasteiger partial charge in [0.1, 0.15) is 23.1 Å². The summed E-state index contributed by atoms with van der Waals surface area (Å²) in [6, 6.07) is 10.3. The van der Waals surface area contributed by atoms with E-state index in [4.69, 9.17) is 10.5 Å². The van der Waals surface area contributed by atoms with E-state index in [2.05, 4.69) is 11.1 Å². The van der Waals surface area contributed by atoms with Crippen LogP contribution < -0.4 is 16.0 Å².